The third kappa shape index (κ3) is 3.01. The molecule has 82 valence electrons. The van der Waals surface area contributed by atoms with Crippen molar-refractivity contribution >= 4 is 0 Å². The van der Waals surface area contributed by atoms with Gasteiger partial charge in [0.2, 0.25) is 0 Å². The van der Waals surface area contributed by atoms with Crippen LogP contribution in [0.25, 0.3) is 0 Å². The smallest absolute Gasteiger partial charge is 0.0416 e. The van der Waals surface area contributed by atoms with Crippen LogP contribution < -0.4 is 5.32 Å². The lowest BCUT2D eigenvalue weighted by Gasteiger charge is -2.33. The van der Waals surface area contributed by atoms with Crippen molar-refractivity contribution < 1.29 is 0 Å². The normalized spacial score (nSPS) is 22.9. The fourth-order valence-electron chi connectivity index (χ4n) is 2.02. The molecule has 1 aromatic heterocycles. The van der Waals surface area contributed by atoms with Gasteiger partial charge in [0.15, 0.2) is 0 Å². The maximum Gasteiger partial charge on any atom is 0.0416 e. The van der Waals surface area contributed by atoms with Gasteiger partial charge in [0, 0.05) is 50.5 Å². The standard InChI is InChI=1S/C12H19N3/c1-11-10-13-7-9-15(11)8-5-12-4-2-3-6-14-12/h2-4,6,11,13H,5,7-10H2,1H3. The van der Waals surface area contributed by atoms with Crippen LogP contribution in [0.3, 0.4) is 0 Å². The van der Waals surface area contributed by atoms with Gasteiger partial charge in [-0.15, -0.1) is 0 Å². The van der Waals surface area contributed by atoms with E-state index in [0.29, 0.717) is 6.04 Å². The van der Waals surface area contributed by atoms with Crippen LogP contribution >= 0.6 is 0 Å². The number of rotatable bonds is 3. The van der Waals surface area contributed by atoms with Crippen molar-refractivity contribution in [1.82, 2.24) is 15.2 Å². The Hall–Kier alpha value is -0.930. The van der Waals surface area contributed by atoms with Gasteiger partial charge < -0.3 is 5.32 Å². The van der Waals surface area contributed by atoms with Gasteiger partial charge in [0.25, 0.3) is 0 Å². The summed E-state index contributed by atoms with van der Waals surface area (Å²) in [5.41, 5.74) is 1.20. The first-order valence-corrected chi connectivity index (χ1v) is 5.71. The second kappa shape index (κ2) is 5.24. The molecule has 2 rings (SSSR count). The Morgan fingerprint density at radius 2 is 2.47 bits per heavy atom. The van der Waals surface area contributed by atoms with Crippen LogP contribution in [-0.4, -0.2) is 42.1 Å². The van der Waals surface area contributed by atoms with Crippen molar-refractivity contribution in [2.75, 3.05) is 26.2 Å². The molecule has 2 heterocycles. The summed E-state index contributed by atoms with van der Waals surface area (Å²) in [7, 11) is 0. The number of pyridine rings is 1. The molecule has 0 aromatic carbocycles. The average molecular weight is 205 g/mol. The van der Waals surface area contributed by atoms with E-state index in [1.165, 1.54) is 5.69 Å². The SMILES string of the molecule is CC1CNCCN1CCc1ccccn1. The lowest BCUT2D eigenvalue weighted by atomic mass is 10.2. The topological polar surface area (TPSA) is 28.2 Å². The van der Waals surface area contributed by atoms with Crippen LogP contribution in [0.2, 0.25) is 0 Å². The number of hydrogen-bond donors (Lipinski definition) is 1. The molecule has 0 amide bonds. The van der Waals surface area contributed by atoms with E-state index >= 15 is 0 Å². The minimum atomic E-state index is 0.655. The Labute approximate surface area is 91.5 Å². The van der Waals surface area contributed by atoms with Crippen LogP contribution in [-0.2, 0) is 6.42 Å². The molecule has 0 saturated carbocycles. The number of nitrogens with one attached hydrogen (secondary N) is 1. The summed E-state index contributed by atoms with van der Waals surface area (Å²) in [5.74, 6) is 0. The van der Waals surface area contributed by atoms with E-state index in [4.69, 9.17) is 0 Å². The minimum Gasteiger partial charge on any atom is -0.314 e. The van der Waals surface area contributed by atoms with Gasteiger partial charge in [-0.05, 0) is 19.1 Å². The first kappa shape index (κ1) is 10.6. The summed E-state index contributed by atoms with van der Waals surface area (Å²) < 4.78 is 0. The molecule has 1 unspecified atom stereocenters. The molecule has 0 aliphatic carbocycles. The van der Waals surface area contributed by atoms with Crippen molar-refractivity contribution in [1.29, 1.82) is 0 Å². The van der Waals surface area contributed by atoms with Crippen molar-refractivity contribution in [2.45, 2.75) is 19.4 Å². The molecule has 1 N–H and O–H groups in total. The molecule has 15 heavy (non-hydrogen) atoms. The highest BCUT2D eigenvalue weighted by atomic mass is 15.2. The largest absolute Gasteiger partial charge is 0.314 e. The van der Waals surface area contributed by atoms with Crippen LogP contribution in [0.1, 0.15) is 12.6 Å². The molecule has 0 bridgehead atoms. The molecule has 1 aliphatic heterocycles. The van der Waals surface area contributed by atoms with Crippen LogP contribution in [0.5, 0.6) is 0 Å². The van der Waals surface area contributed by atoms with Crippen molar-refractivity contribution in [3.8, 4) is 0 Å². The van der Waals surface area contributed by atoms with E-state index in [9.17, 15) is 0 Å². The van der Waals surface area contributed by atoms with Crippen LogP contribution in [0.4, 0.5) is 0 Å². The second-order valence-corrected chi connectivity index (χ2v) is 4.16. The zero-order valence-corrected chi connectivity index (χ0v) is 9.32. The monoisotopic (exact) mass is 205 g/mol. The summed E-state index contributed by atoms with van der Waals surface area (Å²) in [6.45, 7) is 6.80. The van der Waals surface area contributed by atoms with E-state index in [0.717, 1.165) is 32.6 Å². The maximum absolute atomic E-state index is 4.35. The molecule has 3 heteroatoms. The average Bonchev–Trinajstić information content (AvgIpc) is 2.29. The molecule has 0 spiro atoms. The predicted octanol–water partition coefficient (Wildman–Crippen LogP) is 0.918. The van der Waals surface area contributed by atoms with E-state index in [-0.39, 0.29) is 0 Å². The second-order valence-electron chi connectivity index (χ2n) is 4.16. The molecule has 1 aromatic rings. The Morgan fingerprint density at radius 3 is 3.20 bits per heavy atom. The van der Waals surface area contributed by atoms with Crippen molar-refractivity contribution in [2.24, 2.45) is 0 Å². The van der Waals surface area contributed by atoms with Crippen molar-refractivity contribution in [3.63, 3.8) is 0 Å². The highest BCUT2D eigenvalue weighted by molar-refractivity contribution is 5.03. The zero-order chi connectivity index (χ0) is 10.5. The third-order valence-corrected chi connectivity index (χ3v) is 3.02. The zero-order valence-electron chi connectivity index (χ0n) is 9.32. The van der Waals surface area contributed by atoms with Crippen molar-refractivity contribution in [3.05, 3.63) is 30.1 Å². The summed E-state index contributed by atoms with van der Waals surface area (Å²) in [6, 6.07) is 6.79. The van der Waals surface area contributed by atoms with E-state index in [2.05, 4.69) is 34.3 Å². The Bertz CT molecular complexity index is 286. The van der Waals surface area contributed by atoms with Gasteiger partial charge >= 0.3 is 0 Å². The highest BCUT2D eigenvalue weighted by Crippen LogP contribution is 2.04. The van der Waals surface area contributed by atoms with Gasteiger partial charge in [-0.1, -0.05) is 6.07 Å². The van der Waals surface area contributed by atoms with Gasteiger partial charge in [-0.25, -0.2) is 0 Å². The number of piperazine rings is 1. The first-order valence-electron chi connectivity index (χ1n) is 5.71. The van der Waals surface area contributed by atoms with Gasteiger partial charge in [-0.3, -0.25) is 9.88 Å². The fourth-order valence-corrected chi connectivity index (χ4v) is 2.02. The molecular weight excluding hydrogens is 186 g/mol. The number of aromatic nitrogens is 1. The van der Waals surface area contributed by atoms with Gasteiger partial charge in [0.1, 0.15) is 0 Å². The molecular formula is C12H19N3. The molecule has 1 atom stereocenters. The summed E-state index contributed by atoms with van der Waals surface area (Å²) >= 11 is 0. The first-order chi connectivity index (χ1) is 7.36. The Kier molecular flexibility index (Phi) is 3.69. The van der Waals surface area contributed by atoms with E-state index in [1.54, 1.807) is 0 Å². The lowest BCUT2D eigenvalue weighted by Crippen LogP contribution is -2.50. The lowest BCUT2D eigenvalue weighted by molar-refractivity contribution is 0.175. The Morgan fingerprint density at radius 1 is 1.53 bits per heavy atom. The summed E-state index contributed by atoms with van der Waals surface area (Å²) in [4.78, 5) is 6.88. The highest BCUT2D eigenvalue weighted by Gasteiger charge is 2.16. The molecule has 1 aliphatic rings. The Balaban J connectivity index is 1.82. The van der Waals surface area contributed by atoms with E-state index in [1.807, 2.05) is 12.3 Å². The molecule has 3 nitrogen and oxygen atoms in total. The summed E-state index contributed by atoms with van der Waals surface area (Å²) in [6.07, 6.45) is 2.93. The predicted molar refractivity (Wildman–Crippen MR) is 61.8 cm³/mol. The number of hydrogen-bond acceptors (Lipinski definition) is 3. The fraction of sp³-hybridized carbons (Fsp3) is 0.583. The minimum absolute atomic E-state index is 0.655. The van der Waals surface area contributed by atoms with Gasteiger partial charge in [-0.2, -0.15) is 0 Å². The molecule has 1 fully saturated rings. The summed E-state index contributed by atoms with van der Waals surface area (Å²) in [5, 5.41) is 3.41. The molecule has 0 radical (unpaired) electrons. The number of nitrogens with zero attached hydrogens (tertiary/aromatic N) is 2. The van der Waals surface area contributed by atoms with Gasteiger partial charge in [0.05, 0.1) is 0 Å². The molecule has 1 saturated heterocycles. The van der Waals surface area contributed by atoms with Crippen LogP contribution in [0, 0.1) is 0 Å². The van der Waals surface area contributed by atoms with E-state index < -0.39 is 0 Å². The maximum atomic E-state index is 4.35. The van der Waals surface area contributed by atoms with Crippen LogP contribution in [0.15, 0.2) is 24.4 Å². The quantitative estimate of drug-likeness (QED) is 0.795. The third-order valence-electron chi connectivity index (χ3n) is 3.02.